The molecule has 0 aromatic carbocycles. The maximum atomic E-state index is 11.8. The first-order valence-corrected chi connectivity index (χ1v) is 9.48. The lowest BCUT2D eigenvalue weighted by Gasteiger charge is -2.27. The van der Waals surface area contributed by atoms with Crippen molar-refractivity contribution in [1.29, 1.82) is 0 Å². The lowest BCUT2D eigenvalue weighted by Crippen LogP contribution is -2.39. The Labute approximate surface area is 143 Å². The first-order valence-electron chi connectivity index (χ1n) is 9.48. The van der Waals surface area contributed by atoms with Gasteiger partial charge in [0.2, 0.25) is 0 Å². The highest BCUT2D eigenvalue weighted by molar-refractivity contribution is 5.75. The van der Waals surface area contributed by atoms with Gasteiger partial charge in [0.25, 0.3) is 0 Å². The Morgan fingerprint density at radius 3 is 2.26 bits per heavy atom. The average Bonchev–Trinajstić information content (AvgIpc) is 2.96. The van der Waals surface area contributed by atoms with E-state index >= 15 is 0 Å². The minimum absolute atomic E-state index is 0.000205. The Kier molecular flexibility index (Phi) is 9.80. The number of methoxy groups -OCH3 is 1. The van der Waals surface area contributed by atoms with Gasteiger partial charge < -0.3 is 9.64 Å². The zero-order valence-corrected chi connectivity index (χ0v) is 16.0. The number of hydrogen-bond acceptors (Lipinski definition) is 4. The van der Waals surface area contributed by atoms with Crippen LogP contribution in [0.15, 0.2) is 0 Å². The molecule has 0 bridgehead atoms. The molecule has 0 radical (unpaired) electrons. The molecule has 1 aliphatic heterocycles. The zero-order chi connectivity index (χ0) is 17.2. The van der Waals surface area contributed by atoms with E-state index in [1.165, 1.54) is 33.0 Å². The van der Waals surface area contributed by atoms with Crippen LogP contribution >= 0.6 is 0 Å². The van der Waals surface area contributed by atoms with Gasteiger partial charge >= 0.3 is 5.97 Å². The summed E-state index contributed by atoms with van der Waals surface area (Å²) < 4.78 is 4.93. The molecule has 0 aromatic heterocycles. The van der Waals surface area contributed by atoms with Gasteiger partial charge in [-0.25, -0.2) is 0 Å². The SMILES string of the molecule is COC(=O)C1CCCN1CCCN(CCC(C)C)CCC(C)C. The van der Waals surface area contributed by atoms with Gasteiger partial charge in [0.1, 0.15) is 6.04 Å². The van der Waals surface area contributed by atoms with Crippen molar-refractivity contribution in [1.82, 2.24) is 9.80 Å². The van der Waals surface area contributed by atoms with E-state index in [4.69, 9.17) is 4.74 Å². The molecule has 23 heavy (non-hydrogen) atoms. The van der Waals surface area contributed by atoms with Crippen LogP contribution in [0.1, 0.15) is 59.8 Å². The van der Waals surface area contributed by atoms with Gasteiger partial charge in [0.15, 0.2) is 0 Å². The van der Waals surface area contributed by atoms with Crippen LogP contribution in [0.2, 0.25) is 0 Å². The summed E-state index contributed by atoms with van der Waals surface area (Å²) in [4.78, 5) is 16.7. The van der Waals surface area contributed by atoms with E-state index in [0.29, 0.717) is 0 Å². The third-order valence-electron chi connectivity index (χ3n) is 4.80. The van der Waals surface area contributed by atoms with Crippen LogP contribution in [0.5, 0.6) is 0 Å². The standard InChI is InChI=1S/C19H38N2O2/c1-16(2)9-14-20(15-10-17(3)4)11-7-13-21-12-6-8-18(21)19(22)23-5/h16-18H,6-15H2,1-5H3. The summed E-state index contributed by atoms with van der Waals surface area (Å²) in [6.07, 6.45) is 5.75. The van der Waals surface area contributed by atoms with Gasteiger partial charge in [-0.15, -0.1) is 0 Å². The van der Waals surface area contributed by atoms with Gasteiger partial charge in [0, 0.05) is 6.54 Å². The fourth-order valence-electron chi connectivity index (χ4n) is 3.21. The van der Waals surface area contributed by atoms with Crippen LogP contribution in [-0.4, -0.2) is 61.6 Å². The molecule has 1 aliphatic rings. The summed E-state index contributed by atoms with van der Waals surface area (Å²) >= 11 is 0. The lowest BCUT2D eigenvalue weighted by molar-refractivity contribution is -0.145. The molecule has 1 heterocycles. The first-order chi connectivity index (χ1) is 10.9. The highest BCUT2D eigenvalue weighted by Gasteiger charge is 2.30. The number of carbonyl (C=O) groups is 1. The van der Waals surface area contributed by atoms with Gasteiger partial charge in [-0.05, 0) is 70.1 Å². The Morgan fingerprint density at radius 1 is 1.13 bits per heavy atom. The summed E-state index contributed by atoms with van der Waals surface area (Å²) in [7, 11) is 1.50. The number of esters is 1. The molecule has 4 heteroatoms. The van der Waals surface area contributed by atoms with Gasteiger partial charge in [-0.2, -0.15) is 0 Å². The normalized spacial score (nSPS) is 19.2. The largest absolute Gasteiger partial charge is 0.468 e. The first kappa shape index (κ1) is 20.4. The van der Waals surface area contributed by atoms with Gasteiger partial charge in [-0.1, -0.05) is 27.7 Å². The van der Waals surface area contributed by atoms with Crippen molar-refractivity contribution in [2.45, 2.75) is 65.8 Å². The van der Waals surface area contributed by atoms with Crippen molar-refractivity contribution < 1.29 is 9.53 Å². The van der Waals surface area contributed by atoms with Gasteiger partial charge in [-0.3, -0.25) is 9.69 Å². The highest BCUT2D eigenvalue weighted by atomic mass is 16.5. The van der Waals surface area contributed by atoms with E-state index in [9.17, 15) is 4.79 Å². The lowest BCUT2D eigenvalue weighted by atomic mass is 10.1. The maximum Gasteiger partial charge on any atom is 0.323 e. The number of carbonyl (C=O) groups excluding carboxylic acids is 1. The maximum absolute atomic E-state index is 11.8. The van der Waals surface area contributed by atoms with Crippen molar-refractivity contribution in [3.63, 3.8) is 0 Å². The number of rotatable bonds is 11. The Morgan fingerprint density at radius 2 is 1.74 bits per heavy atom. The number of nitrogens with zero attached hydrogens (tertiary/aromatic N) is 2. The molecule has 136 valence electrons. The molecule has 1 saturated heterocycles. The van der Waals surface area contributed by atoms with Crippen LogP contribution in [-0.2, 0) is 9.53 Å². The quantitative estimate of drug-likeness (QED) is 0.545. The molecular formula is C19H38N2O2. The molecular weight excluding hydrogens is 288 g/mol. The monoisotopic (exact) mass is 326 g/mol. The molecule has 0 aliphatic carbocycles. The van der Waals surface area contributed by atoms with E-state index in [1.54, 1.807) is 0 Å². The molecule has 0 N–H and O–H groups in total. The van der Waals surface area contributed by atoms with Crippen LogP contribution in [0, 0.1) is 11.8 Å². The van der Waals surface area contributed by atoms with E-state index in [-0.39, 0.29) is 12.0 Å². The second-order valence-electron chi connectivity index (χ2n) is 7.78. The van der Waals surface area contributed by atoms with Crippen molar-refractivity contribution in [2.75, 3.05) is 39.8 Å². The molecule has 1 unspecified atom stereocenters. The van der Waals surface area contributed by atoms with E-state index < -0.39 is 0 Å². The molecule has 0 spiro atoms. The summed E-state index contributed by atoms with van der Waals surface area (Å²) in [6, 6.07) is -0.000205. The van der Waals surface area contributed by atoms with Crippen LogP contribution < -0.4 is 0 Å². The second-order valence-corrected chi connectivity index (χ2v) is 7.78. The molecule has 4 nitrogen and oxygen atoms in total. The van der Waals surface area contributed by atoms with Crippen molar-refractivity contribution >= 4 is 5.97 Å². The van der Waals surface area contributed by atoms with Crippen LogP contribution in [0.25, 0.3) is 0 Å². The molecule has 0 aromatic rings. The van der Waals surface area contributed by atoms with E-state index in [1.807, 2.05) is 0 Å². The summed E-state index contributed by atoms with van der Waals surface area (Å²) in [6.45, 7) is 14.8. The second kappa shape index (κ2) is 11.0. The fourth-order valence-corrected chi connectivity index (χ4v) is 3.21. The summed E-state index contributed by atoms with van der Waals surface area (Å²) in [5.41, 5.74) is 0. The molecule has 1 fully saturated rings. The minimum Gasteiger partial charge on any atom is -0.468 e. The van der Waals surface area contributed by atoms with Crippen molar-refractivity contribution in [3.05, 3.63) is 0 Å². The average molecular weight is 327 g/mol. The molecule has 1 atom stereocenters. The smallest absolute Gasteiger partial charge is 0.323 e. The third kappa shape index (κ3) is 8.16. The van der Waals surface area contributed by atoms with Crippen molar-refractivity contribution in [3.8, 4) is 0 Å². The minimum atomic E-state index is -0.0565. The third-order valence-corrected chi connectivity index (χ3v) is 4.80. The zero-order valence-electron chi connectivity index (χ0n) is 16.0. The van der Waals surface area contributed by atoms with Crippen molar-refractivity contribution in [2.24, 2.45) is 11.8 Å². The topological polar surface area (TPSA) is 32.8 Å². The highest BCUT2D eigenvalue weighted by Crippen LogP contribution is 2.18. The van der Waals surface area contributed by atoms with Gasteiger partial charge in [0.05, 0.1) is 7.11 Å². The fraction of sp³-hybridized carbons (Fsp3) is 0.947. The van der Waals surface area contributed by atoms with Crippen LogP contribution in [0.3, 0.4) is 0 Å². The number of likely N-dealkylation sites (tertiary alicyclic amines) is 1. The van der Waals surface area contributed by atoms with Crippen LogP contribution in [0.4, 0.5) is 0 Å². The predicted octanol–water partition coefficient (Wildman–Crippen LogP) is 3.41. The Bertz CT molecular complexity index is 319. The van der Waals surface area contributed by atoms with E-state index in [2.05, 4.69) is 37.5 Å². The summed E-state index contributed by atoms with van der Waals surface area (Å²) in [5, 5.41) is 0. The Balaban J connectivity index is 2.36. The number of hydrogen-bond donors (Lipinski definition) is 0. The molecule has 0 saturated carbocycles. The summed E-state index contributed by atoms with van der Waals surface area (Å²) in [5.74, 6) is 1.47. The Hall–Kier alpha value is -0.610. The molecule has 0 amide bonds. The predicted molar refractivity (Wildman–Crippen MR) is 96.6 cm³/mol. The number of ether oxygens (including phenoxy) is 1. The van der Waals surface area contributed by atoms with E-state index in [0.717, 1.165) is 50.7 Å². The molecule has 1 rings (SSSR count).